The molecule has 3 aliphatic heterocycles. The number of carboxylic acid groups (broad SMARTS) is 1. The standard InChI is InChI=1S/C70H86F2N14O13S2/c1-70(18-2-3-19-73)69(99)78-34-61(90)80-54(24-43-31-76-51-15-11-45(71)27-49(43)51)64(94)82-55(25-44-32-77-52-16-12-46(72)28-50(44)52)65(95)83-56(30-62(91)92)66(96)81-53(29-47-33-75-38-79-47)59(88)26-42(23-39-9-13-48(87)14-10-39)68(98)86-20-5-8-58(86)67(97)84-57(63(74)93)37-101-36-41-7-4-6-40(22-41)35-100-21-17-60(89)85-70/h4,6-7,9-16,22,27-28,31-32,42,47,53-58,75-77,79,87H,2-3,5,8,17-21,23-26,29-30,33-38,73H2,1H3,(H2,74,93)(H,78,99)(H,80,90)(H,81,96)(H,82,94)(H,83,95)(H,84,97)(H,85,89)(H,91,92)/t42-,47?,53+,54+,55+,56+,57+,58+,70+/m1/s1. The molecule has 3 aliphatic rings. The maximum atomic E-state index is 15.1. The zero-order chi connectivity index (χ0) is 72.3. The Morgan fingerprint density at radius 1 is 0.713 bits per heavy atom. The predicted molar refractivity (Wildman–Crippen MR) is 375 cm³/mol. The van der Waals surface area contributed by atoms with Crippen LogP contribution in [-0.2, 0) is 83.5 Å². The van der Waals surface area contributed by atoms with E-state index in [1.165, 1.54) is 96.3 Å². The number of H-pyrrole nitrogens is 2. The minimum Gasteiger partial charge on any atom is -0.508 e. The van der Waals surface area contributed by atoms with Crippen LogP contribution in [0.1, 0.15) is 92.5 Å². The zero-order valence-electron chi connectivity index (χ0n) is 55.8. The quantitative estimate of drug-likeness (QED) is 0.0655. The number of amides is 9. The number of carbonyl (C=O) groups is 11. The van der Waals surface area contributed by atoms with E-state index in [1.807, 2.05) is 24.3 Å². The van der Waals surface area contributed by atoms with Crippen LogP contribution in [0.2, 0.25) is 0 Å². The zero-order valence-corrected chi connectivity index (χ0v) is 57.4. The highest BCUT2D eigenvalue weighted by atomic mass is 32.2. The molecule has 9 amide bonds. The highest BCUT2D eigenvalue weighted by Crippen LogP contribution is 2.29. The molecular weight excluding hydrogens is 1350 g/mol. The third-order valence-corrected chi connectivity index (χ3v) is 20.3. The number of phenolic OH excluding ortho intramolecular Hbond substituents is 1. The lowest BCUT2D eigenvalue weighted by molar-refractivity contribution is -0.144. The number of aromatic hydroxyl groups is 1. The molecule has 0 aliphatic carbocycles. The average Bonchev–Trinajstić information content (AvgIpc) is 1.79. The number of fused-ring (bicyclic) bond motifs is 5. The van der Waals surface area contributed by atoms with Gasteiger partial charge in [0, 0.05) is 115 Å². The molecular formula is C70H86F2N14O13S2. The van der Waals surface area contributed by atoms with E-state index in [-0.39, 0.29) is 67.5 Å². The van der Waals surface area contributed by atoms with Crippen molar-refractivity contribution < 1.29 is 71.7 Å². The number of aromatic nitrogens is 2. The van der Waals surface area contributed by atoms with Crippen molar-refractivity contribution >= 4 is 110 Å². The number of carboxylic acids is 1. The Balaban J connectivity index is 1.05. The van der Waals surface area contributed by atoms with Gasteiger partial charge in [-0.1, -0.05) is 36.4 Å². The Bertz CT molecular complexity index is 4000. The van der Waals surface area contributed by atoms with Crippen molar-refractivity contribution in [2.45, 2.75) is 143 Å². The normalized spacial score (nSPS) is 24.3. The van der Waals surface area contributed by atoms with Gasteiger partial charge in [-0.2, -0.15) is 23.5 Å². The van der Waals surface area contributed by atoms with Crippen LogP contribution < -0.4 is 59.3 Å². The summed E-state index contributed by atoms with van der Waals surface area (Å²) in [5.41, 5.74) is 14.0. The van der Waals surface area contributed by atoms with Gasteiger partial charge in [-0.3, -0.25) is 52.7 Å². The molecule has 540 valence electrons. The van der Waals surface area contributed by atoms with Gasteiger partial charge >= 0.3 is 5.97 Å². The van der Waals surface area contributed by atoms with Gasteiger partial charge in [-0.25, -0.2) is 8.78 Å². The largest absolute Gasteiger partial charge is 0.508 e. The van der Waals surface area contributed by atoms with Crippen LogP contribution >= 0.6 is 23.5 Å². The van der Waals surface area contributed by atoms with Gasteiger partial charge in [-0.15, -0.1) is 0 Å². The highest BCUT2D eigenvalue weighted by molar-refractivity contribution is 7.98. The van der Waals surface area contributed by atoms with Gasteiger partial charge in [0.1, 0.15) is 53.1 Å². The van der Waals surface area contributed by atoms with Crippen molar-refractivity contribution in [3.63, 3.8) is 0 Å². The lowest BCUT2D eigenvalue weighted by Gasteiger charge is -2.30. The van der Waals surface area contributed by atoms with E-state index in [2.05, 4.69) is 57.8 Å². The monoisotopic (exact) mass is 1430 g/mol. The first kappa shape index (κ1) is 75.8. The summed E-state index contributed by atoms with van der Waals surface area (Å²) >= 11 is 2.81. The number of benzene rings is 4. The summed E-state index contributed by atoms with van der Waals surface area (Å²) < 4.78 is 29.9. The van der Waals surface area contributed by atoms with E-state index in [0.29, 0.717) is 83.8 Å². The number of Topliss-reactive ketones (excluding diaryl/α,β-unsaturated/α-hetero) is 1. The van der Waals surface area contributed by atoms with Crippen molar-refractivity contribution in [2.75, 3.05) is 44.4 Å². The number of aliphatic carboxylic acids is 1. The molecule has 17 N–H and O–H groups in total. The topological polar surface area (TPSA) is 423 Å². The van der Waals surface area contributed by atoms with Crippen molar-refractivity contribution in [2.24, 2.45) is 17.4 Å². The Labute approximate surface area is 589 Å². The number of rotatable bonds is 15. The Morgan fingerprint density at radius 2 is 1.34 bits per heavy atom. The molecule has 4 aromatic carbocycles. The summed E-state index contributed by atoms with van der Waals surface area (Å²) in [5, 5.41) is 46.1. The summed E-state index contributed by atoms with van der Waals surface area (Å²) in [6.07, 6.45) is 1.88. The van der Waals surface area contributed by atoms with E-state index >= 15 is 19.2 Å². The maximum absolute atomic E-state index is 15.1. The smallest absolute Gasteiger partial charge is 0.305 e. The Kier molecular flexibility index (Phi) is 26.8. The number of primary amides is 1. The summed E-state index contributed by atoms with van der Waals surface area (Å²) in [4.78, 5) is 165. The van der Waals surface area contributed by atoms with E-state index in [0.717, 1.165) is 11.1 Å². The van der Waals surface area contributed by atoms with Crippen molar-refractivity contribution in [1.82, 2.24) is 62.7 Å². The average molecular weight is 1430 g/mol. The fourth-order valence-corrected chi connectivity index (χ4v) is 14.7. The third-order valence-electron chi connectivity index (χ3n) is 18.2. The van der Waals surface area contributed by atoms with Gasteiger partial charge in [-0.05, 0) is 135 Å². The molecule has 5 heterocycles. The van der Waals surface area contributed by atoms with Crippen LogP contribution in [0, 0.1) is 17.6 Å². The number of nitrogens with zero attached hydrogens (tertiary/aromatic N) is 1. The van der Waals surface area contributed by atoms with Crippen LogP contribution in [-0.4, -0.2) is 182 Å². The predicted octanol–water partition coefficient (Wildman–Crippen LogP) is 2.21. The van der Waals surface area contributed by atoms with Gasteiger partial charge < -0.3 is 84.4 Å². The number of phenols is 1. The van der Waals surface area contributed by atoms with Crippen molar-refractivity contribution in [3.8, 4) is 5.75 Å². The second kappa shape index (κ2) is 35.7. The SMILES string of the molecule is C[C@@]1(CCCCN)NC(=O)CCSCc2cccc(c2)CSC[C@@H](C(N)=O)NC(=O)[C@@H]2CCCN2C(=O)[C@H](Cc2ccc(O)cc2)CC(=O)[C@H](CC2CNCN2)NC(=O)[C@H](CC(=O)O)NC(=O)[C@H](Cc2c[nH]c3ccc(F)cc23)NC(=O)[C@H](Cc2c[nH]c3ccc(F)cc23)NC(=O)CNC1=O. The minimum absolute atomic E-state index is 0.00251. The first-order valence-electron chi connectivity index (χ1n) is 33.5. The molecule has 9 atom stereocenters. The molecule has 0 spiro atoms. The molecule has 2 saturated heterocycles. The van der Waals surface area contributed by atoms with Crippen molar-refractivity contribution in [3.05, 3.63) is 137 Å². The molecule has 27 nitrogen and oxygen atoms in total. The molecule has 6 aromatic rings. The molecule has 9 rings (SSSR count). The third kappa shape index (κ3) is 21.3. The van der Waals surface area contributed by atoms with Gasteiger partial charge in [0.2, 0.25) is 53.2 Å². The van der Waals surface area contributed by atoms with Crippen LogP contribution in [0.4, 0.5) is 8.78 Å². The number of ketones is 1. The number of unbranched alkanes of at least 4 members (excludes halogenated alkanes) is 1. The van der Waals surface area contributed by atoms with E-state index in [4.69, 9.17) is 11.5 Å². The van der Waals surface area contributed by atoms with Crippen LogP contribution in [0.3, 0.4) is 0 Å². The molecule has 31 heteroatoms. The number of halogens is 2. The lowest BCUT2D eigenvalue weighted by atomic mass is 9.89. The van der Waals surface area contributed by atoms with Gasteiger partial charge in [0.15, 0.2) is 5.78 Å². The summed E-state index contributed by atoms with van der Waals surface area (Å²) in [6, 6.07) is 11.7. The van der Waals surface area contributed by atoms with E-state index in [1.54, 1.807) is 12.1 Å². The molecule has 2 aromatic heterocycles. The molecule has 0 radical (unpaired) electrons. The number of carbonyl (C=O) groups excluding carboxylic acids is 10. The number of nitrogens with two attached hydrogens (primary N) is 2. The minimum atomic E-state index is -1.98. The lowest BCUT2D eigenvalue weighted by Crippen LogP contribution is -2.60. The van der Waals surface area contributed by atoms with E-state index in [9.17, 15) is 52.6 Å². The van der Waals surface area contributed by atoms with E-state index < -0.39 is 156 Å². The summed E-state index contributed by atoms with van der Waals surface area (Å²) in [5.74, 6) is -11.1. The van der Waals surface area contributed by atoms with Gasteiger partial charge in [0.25, 0.3) is 0 Å². The molecule has 2 fully saturated rings. The van der Waals surface area contributed by atoms with Crippen LogP contribution in [0.15, 0.2) is 97.3 Å². The number of aromatic amines is 2. The summed E-state index contributed by atoms with van der Waals surface area (Å²) in [7, 11) is 0. The molecule has 0 saturated carbocycles. The summed E-state index contributed by atoms with van der Waals surface area (Å²) in [6.45, 7) is 1.78. The van der Waals surface area contributed by atoms with Crippen LogP contribution in [0.25, 0.3) is 21.8 Å². The molecule has 1 unspecified atom stereocenters. The fraction of sp³-hybridized carbons (Fsp3) is 0.443. The second-order valence-electron chi connectivity index (χ2n) is 25.9. The molecule has 2 bridgehead atoms. The fourth-order valence-electron chi connectivity index (χ4n) is 12.8. The van der Waals surface area contributed by atoms with Gasteiger partial charge in [0.05, 0.1) is 19.0 Å². The molecule has 101 heavy (non-hydrogen) atoms. The number of thioether (sulfide) groups is 2. The van der Waals surface area contributed by atoms with Crippen molar-refractivity contribution in [1.29, 1.82) is 0 Å². The number of hydrogen-bond donors (Lipinski definition) is 15. The Morgan fingerprint density at radius 3 is 1.96 bits per heavy atom. The Hall–Kier alpha value is -9.43. The first-order valence-corrected chi connectivity index (χ1v) is 35.8. The first-order chi connectivity index (χ1) is 48.4. The number of nitrogens with one attached hydrogen (secondary N) is 11. The maximum Gasteiger partial charge on any atom is 0.305 e. The number of hydrogen-bond acceptors (Lipinski definition) is 17. The second-order valence-corrected chi connectivity index (χ2v) is 28.1. The highest BCUT2D eigenvalue weighted by Gasteiger charge is 2.42. The van der Waals surface area contributed by atoms with Crippen LogP contribution in [0.5, 0.6) is 5.75 Å².